The van der Waals surface area contributed by atoms with E-state index in [1.54, 1.807) is 24.3 Å². The minimum absolute atomic E-state index is 0.264. The number of methoxy groups -OCH3 is 1. The maximum Gasteiger partial charge on any atom is 0.339 e. The fourth-order valence-electron chi connectivity index (χ4n) is 3.07. The van der Waals surface area contributed by atoms with Gasteiger partial charge in [-0.3, -0.25) is 4.79 Å². The number of carbonyl (C=O) groups is 2. The molecule has 0 saturated heterocycles. The lowest BCUT2D eigenvalue weighted by Crippen LogP contribution is -2.15. The van der Waals surface area contributed by atoms with Crippen molar-refractivity contribution in [3.8, 4) is 0 Å². The molecule has 0 aliphatic heterocycles. The molecule has 1 heterocycles. The van der Waals surface area contributed by atoms with Gasteiger partial charge in [0.1, 0.15) is 0 Å². The van der Waals surface area contributed by atoms with Crippen molar-refractivity contribution in [3.63, 3.8) is 0 Å². The molecule has 0 saturated carbocycles. The van der Waals surface area contributed by atoms with E-state index in [-0.39, 0.29) is 11.9 Å². The lowest BCUT2D eigenvalue weighted by molar-refractivity contribution is 0.0601. The highest BCUT2D eigenvalue weighted by atomic mass is 16.5. The summed E-state index contributed by atoms with van der Waals surface area (Å²) in [4.78, 5) is 32.8. The molecule has 7 nitrogen and oxygen atoms in total. The van der Waals surface area contributed by atoms with Gasteiger partial charge >= 0.3 is 5.97 Å². The predicted octanol–water partition coefficient (Wildman–Crippen LogP) is 4.18. The lowest BCUT2D eigenvalue weighted by atomic mass is 10.0. The van der Waals surface area contributed by atoms with Gasteiger partial charge in [-0.2, -0.15) is 0 Å². The van der Waals surface area contributed by atoms with Gasteiger partial charge in [0.2, 0.25) is 5.95 Å². The number of rotatable bonds is 5. The van der Waals surface area contributed by atoms with E-state index in [1.807, 2.05) is 32.9 Å². The summed E-state index contributed by atoms with van der Waals surface area (Å²) >= 11 is 0. The maximum atomic E-state index is 12.6. The van der Waals surface area contributed by atoms with Crippen molar-refractivity contribution in [2.75, 3.05) is 17.7 Å². The molecule has 0 spiro atoms. The molecule has 0 bridgehead atoms. The number of amides is 1. The highest BCUT2D eigenvalue weighted by Gasteiger charge is 2.14. The first-order chi connectivity index (χ1) is 13.9. The van der Waals surface area contributed by atoms with Crippen LogP contribution in [0, 0.1) is 20.8 Å². The van der Waals surface area contributed by atoms with Crippen molar-refractivity contribution in [2.24, 2.45) is 0 Å². The third kappa shape index (κ3) is 4.57. The number of hydrogen-bond acceptors (Lipinski definition) is 6. The van der Waals surface area contributed by atoms with Gasteiger partial charge in [0.15, 0.2) is 0 Å². The molecule has 2 N–H and O–H groups in total. The van der Waals surface area contributed by atoms with Crippen molar-refractivity contribution < 1.29 is 14.3 Å². The Bertz CT molecular complexity index is 1040. The Labute approximate surface area is 169 Å². The minimum Gasteiger partial charge on any atom is -0.465 e. The van der Waals surface area contributed by atoms with Crippen LogP contribution < -0.4 is 10.6 Å². The molecule has 1 amide bonds. The fourth-order valence-corrected chi connectivity index (χ4v) is 3.07. The van der Waals surface area contributed by atoms with Crippen LogP contribution >= 0.6 is 0 Å². The summed E-state index contributed by atoms with van der Waals surface area (Å²) in [6, 6.07) is 10.9. The van der Waals surface area contributed by atoms with Crippen LogP contribution in [0.15, 0.2) is 48.8 Å². The van der Waals surface area contributed by atoms with Crippen LogP contribution in [0.2, 0.25) is 0 Å². The van der Waals surface area contributed by atoms with E-state index in [2.05, 4.69) is 20.6 Å². The standard InChI is InChI=1S/C22H22N4O3/c1-13-9-14(2)19(15(3)10-13)26-20(27)16-11-23-22(24-12-16)25-18-8-6-5-7-17(18)21(28)29-4/h5-12H,1-4H3,(H,26,27)(H,23,24,25). The zero-order valence-electron chi connectivity index (χ0n) is 16.7. The zero-order chi connectivity index (χ0) is 21.0. The Morgan fingerprint density at radius 2 is 1.59 bits per heavy atom. The molecular weight excluding hydrogens is 368 g/mol. The summed E-state index contributed by atoms with van der Waals surface area (Å²) in [5.41, 5.74) is 5.13. The number of nitrogens with zero attached hydrogens (tertiary/aromatic N) is 2. The van der Waals surface area contributed by atoms with Crippen LogP contribution in [-0.2, 0) is 4.74 Å². The van der Waals surface area contributed by atoms with Crippen molar-refractivity contribution in [3.05, 3.63) is 76.6 Å². The summed E-state index contributed by atoms with van der Waals surface area (Å²) in [6.45, 7) is 5.93. The highest BCUT2D eigenvalue weighted by molar-refractivity contribution is 6.04. The molecular formula is C22H22N4O3. The molecule has 2 aromatic carbocycles. The summed E-state index contributed by atoms with van der Waals surface area (Å²) in [6.07, 6.45) is 2.87. The topological polar surface area (TPSA) is 93.2 Å². The number of benzene rings is 2. The molecule has 3 rings (SSSR count). The quantitative estimate of drug-likeness (QED) is 0.635. The van der Waals surface area contributed by atoms with Crippen LogP contribution in [0.4, 0.5) is 17.3 Å². The maximum absolute atomic E-state index is 12.6. The summed E-state index contributed by atoms with van der Waals surface area (Å²) in [5.74, 6) is -0.491. The average Bonchev–Trinajstić information content (AvgIpc) is 2.71. The summed E-state index contributed by atoms with van der Waals surface area (Å²) < 4.78 is 4.78. The van der Waals surface area contributed by atoms with E-state index < -0.39 is 5.97 Å². The first kappa shape index (κ1) is 20.0. The van der Waals surface area contributed by atoms with Crippen LogP contribution in [0.25, 0.3) is 0 Å². The number of ether oxygens (including phenoxy) is 1. The average molecular weight is 390 g/mol. The summed E-state index contributed by atoms with van der Waals surface area (Å²) in [7, 11) is 1.32. The van der Waals surface area contributed by atoms with Gasteiger partial charge in [0.25, 0.3) is 5.91 Å². The van der Waals surface area contributed by atoms with Gasteiger partial charge in [0, 0.05) is 18.1 Å². The third-order valence-electron chi connectivity index (χ3n) is 4.41. The second-order valence-electron chi connectivity index (χ2n) is 6.69. The Morgan fingerprint density at radius 3 is 2.21 bits per heavy atom. The molecule has 1 aromatic heterocycles. The first-order valence-corrected chi connectivity index (χ1v) is 9.04. The first-order valence-electron chi connectivity index (χ1n) is 9.04. The van der Waals surface area contributed by atoms with Crippen molar-refractivity contribution >= 4 is 29.2 Å². The highest BCUT2D eigenvalue weighted by Crippen LogP contribution is 2.23. The van der Waals surface area contributed by atoms with E-state index in [9.17, 15) is 9.59 Å². The Morgan fingerprint density at radius 1 is 0.966 bits per heavy atom. The SMILES string of the molecule is COC(=O)c1ccccc1Nc1ncc(C(=O)Nc2c(C)cc(C)cc2C)cn1. The number of aromatic nitrogens is 2. The smallest absolute Gasteiger partial charge is 0.339 e. The molecule has 148 valence electrons. The molecule has 0 fully saturated rings. The van der Waals surface area contributed by atoms with E-state index in [4.69, 9.17) is 4.74 Å². The monoisotopic (exact) mass is 390 g/mol. The Kier molecular flexibility index (Phi) is 5.87. The number of carbonyl (C=O) groups excluding carboxylic acids is 2. The molecule has 0 aliphatic rings. The van der Waals surface area contributed by atoms with Gasteiger partial charge in [-0.1, -0.05) is 29.8 Å². The number of anilines is 3. The second-order valence-corrected chi connectivity index (χ2v) is 6.69. The van der Waals surface area contributed by atoms with E-state index in [0.717, 1.165) is 22.4 Å². The number of esters is 1. The molecule has 3 aromatic rings. The van der Waals surface area contributed by atoms with Gasteiger partial charge in [-0.15, -0.1) is 0 Å². The van der Waals surface area contributed by atoms with Crippen molar-refractivity contribution in [1.82, 2.24) is 9.97 Å². The summed E-state index contributed by atoms with van der Waals surface area (Å²) in [5, 5.41) is 5.90. The number of aryl methyl sites for hydroxylation is 3. The number of hydrogen-bond donors (Lipinski definition) is 2. The van der Waals surface area contributed by atoms with Gasteiger partial charge in [-0.05, 0) is 44.0 Å². The molecule has 29 heavy (non-hydrogen) atoms. The van der Waals surface area contributed by atoms with Crippen LogP contribution in [0.3, 0.4) is 0 Å². The van der Waals surface area contributed by atoms with E-state index in [0.29, 0.717) is 16.8 Å². The second kappa shape index (κ2) is 8.52. The van der Waals surface area contributed by atoms with Crippen LogP contribution in [0.1, 0.15) is 37.4 Å². The largest absolute Gasteiger partial charge is 0.465 e. The van der Waals surface area contributed by atoms with Crippen molar-refractivity contribution in [1.29, 1.82) is 0 Å². The molecule has 0 radical (unpaired) electrons. The van der Waals surface area contributed by atoms with E-state index in [1.165, 1.54) is 19.5 Å². The van der Waals surface area contributed by atoms with E-state index >= 15 is 0 Å². The van der Waals surface area contributed by atoms with Gasteiger partial charge in [0.05, 0.1) is 23.9 Å². The number of para-hydroxylation sites is 1. The molecule has 0 atom stereocenters. The third-order valence-corrected chi connectivity index (χ3v) is 4.41. The number of nitrogens with one attached hydrogen (secondary N) is 2. The zero-order valence-corrected chi connectivity index (χ0v) is 16.7. The van der Waals surface area contributed by atoms with Crippen LogP contribution in [-0.4, -0.2) is 29.0 Å². The molecule has 0 aliphatic carbocycles. The lowest BCUT2D eigenvalue weighted by Gasteiger charge is -2.13. The van der Waals surface area contributed by atoms with Gasteiger partial charge in [-0.25, -0.2) is 14.8 Å². The molecule has 7 heteroatoms. The normalized spacial score (nSPS) is 10.3. The minimum atomic E-state index is -0.465. The fraction of sp³-hybridized carbons (Fsp3) is 0.182. The van der Waals surface area contributed by atoms with Crippen LogP contribution in [0.5, 0.6) is 0 Å². The Balaban J connectivity index is 1.76. The molecule has 0 unspecified atom stereocenters. The van der Waals surface area contributed by atoms with Gasteiger partial charge < -0.3 is 15.4 Å². The predicted molar refractivity (Wildman–Crippen MR) is 112 cm³/mol. The van der Waals surface area contributed by atoms with Crippen molar-refractivity contribution in [2.45, 2.75) is 20.8 Å². The Hall–Kier alpha value is -3.74.